The van der Waals surface area contributed by atoms with Gasteiger partial charge in [0.1, 0.15) is 0 Å². The van der Waals surface area contributed by atoms with Crippen molar-refractivity contribution in [3.8, 4) is 0 Å². The molecule has 1 atom stereocenters. The second-order valence-corrected chi connectivity index (χ2v) is 6.80. The number of guanidine groups is 1. The first-order chi connectivity index (χ1) is 9.56. The van der Waals surface area contributed by atoms with E-state index in [4.69, 9.17) is 17.3 Å². The number of rotatable bonds is 2. The topological polar surface area (TPSA) is 54.5 Å². The average molecular weight is 372 g/mol. The zero-order valence-corrected chi connectivity index (χ0v) is 13.8. The van der Waals surface area contributed by atoms with Crippen molar-refractivity contribution in [2.24, 2.45) is 10.7 Å². The highest BCUT2D eigenvalue weighted by Gasteiger charge is 2.30. The first-order valence-electron chi connectivity index (χ1n) is 6.02. The van der Waals surface area contributed by atoms with E-state index < -0.39 is 0 Å². The van der Waals surface area contributed by atoms with Crippen LogP contribution in [0.25, 0.3) is 0 Å². The number of nitrogens with zero attached hydrogens (tertiary/aromatic N) is 3. The normalized spacial score (nSPS) is 18.4. The highest BCUT2D eigenvalue weighted by Crippen LogP contribution is 2.34. The lowest BCUT2D eigenvalue weighted by molar-refractivity contribution is 0.744. The van der Waals surface area contributed by atoms with Crippen LogP contribution in [0.4, 0.5) is 5.69 Å². The predicted octanol–water partition coefficient (Wildman–Crippen LogP) is 3.74. The van der Waals surface area contributed by atoms with Gasteiger partial charge in [-0.05, 0) is 41.1 Å². The molecular formula is C13H12BrClN4S. The molecular weight excluding hydrogens is 360 g/mol. The van der Waals surface area contributed by atoms with Crippen LogP contribution in [-0.4, -0.2) is 17.5 Å². The number of thiazole rings is 1. The smallest absolute Gasteiger partial charge is 0.196 e. The standard InChI is InChI=1S/C13H12BrClN4S/c1-7-18-11(6-20-7)12-5-17-13(16)19(12)8-2-3-10(15)9(14)4-8/h2-4,6,12H,5H2,1H3,(H2,16,17). The summed E-state index contributed by atoms with van der Waals surface area (Å²) >= 11 is 11.1. The van der Waals surface area contributed by atoms with E-state index in [0.29, 0.717) is 17.5 Å². The average Bonchev–Trinajstić information content (AvgIpc) is 2.99. The predicted molar refractivity (Wildman–Crippen MR) is 87.7 cm³/mol. The van der Waals surface area contributed by atoms with Gasteiger partial charge in [-0.1, -0.05) is 11.6 Å². The van der Waals surface area contributed by atoms with Gasteiger partial charge in [0, 0.05) is 15.5 Å². The number of benzene rings is 1. The second kappa shape index (κ2) is 5.35. The zero-order valence-electron chi connectivity index (χ0n) is 10.7. The van der Waals surface area contributed by atoms with E-state index in [9.17, 15) is 0 Å². The molecule has 1 aliphatic rings. The highest BCUT2D eigenvalue weighted by molar-refractivity contribution is 9.10. The Balaban J connectivity index is 1.99. The summed E-state index contributed by atoms with van der Waals surface area (Å²) in [5.41, 5.74) is 7.99. The van der Waals surface area contributed by atoms with Crippen LogP contribution in [0.2, 0.25) is 5.02 Å². The van der Waals surface area contributed by atoms with Gasteiger partial charge in [0.25, 0.3) is 0 Å². The molecule has 7 heteroatoms. The third-order valence-corrected chi connectivity index (χ3v) is 5.15. The maximum Gasteiger partial charge on any atom is 0.196 e. The van der Waals surface area contributed by atoms with Crippen molar-refractivity contribution in [1.82, 2.24) is 4.98 Å². The molecule has 2 N–H and O–H groups in total. The molecule has 0 saturated heterocycles. The van der Waals surface area contributed by atoms with Crippen LogP contribution < -0.4 is 10.6 Å². The fourth-order valence-corrected chi connectivity index (χ4v) is 3.35. The molecule has 0 fully saturated rings. The van der Waals surface area contributed by atoms with Gasteiger partial charge in [0.2, 0.25) is 0 Å². The molecule has 1 aromatic carbocycles. The van der Waals surface area contributed by atoms with Gasteiger partial charge in [-0.25, -0.2) is 4.98 Å². The molecule has 2 aromatic rings. The van der Waals surface area contributed by atoms with Crippen molar-refractivity contribution in [1.29, 1.82) is 0 Å². The Morgan fingerprint density at radius 2 is 2.30 bits per heavy atom. The Bertz CT molecular complexity index is 685. The monoisotopic (exact) mass is 370 g/mol. The third kappa shape index (κ3) is 2.43. The number of aryl methyl sites for hydroxylation is 1. The lowest BCUT2D eigenvalue weighted by atomic mass is 10.2. The molecule has 0 spiro atoms. The van der Waals surface area contributed by atoms with E-state index in [0.717, 1.165) is 20.9 Å². The van der Waals surface area contributed by atoms with Gasteiger partial charge in [0.15, 0.2) is 5.96 Å². The van der Waals surface area contributed by atoms with Crippen LogP contribution in [0.1, 0.15) is 16.7 Å². The summed E-state index contributed by atoms with van der Waals surface area (Å²) in [6.07, 6.45) is 0. The zero-order chi connectivity index (χ0) is 14.3. The molecule has 1 aliphatic heterocycles. The molecule has 4 nitrogen and oxygen atoms in total. The van der Waals surface area contributed by atoms with E-state index >= 15 is 0 Å². The molecule has 2 heterocycles. The first kappa shape index (κ1) is 13.9. The van der Waals surface area contributed by atoms with Crippen LogP contribution in [-0.2, 0) is 0 Å². The lowest BCUT2D eigenvalue weighted by Gasteiger charge is -2.25. The number of aliphatic imine (C=N–C) groups is 1. The van der Waals surface area contributed by atoms with E-state index in [1.165, 1.54) is 0 Å². The molecule has 0 amide bonds. The molecule has 0 aliphatic carbocycles. The van der Waals surface area contributed by atoms with E-state index in [1.54, 1.807) is 11.3 Å². The first-order valence-corrected chi connectivity index (χ1v) is 8.07. The summed E-state index contributed by atoms with van der Waals surface area (Å²) in [6.45, 7) is 2.62. The minimum Gasteiger partial charge on any atom is -0.369 e. The van der Waals surface area contributed by atoms with Gasteiger partial charge in [-0.15, -0.1) is 11.3 Å². The molecule has 104 valence electrons. The Hall–Kier alpha value is -1.11. The van der Waals surface area contributed by atoms with Crippen molar-refractivity contribution >= 4 is 50.5 Å². The Morgan fingerprint density at radius 1 is 1.50 bits per heavy atom. The Labute approximate surface area is 134 Å². The van der Waals surface area contributed by atoms with Gasteiger partial charge in [0.05, 0.1) is 28.3 Å². The summed E-state index contributed by atoms with van der Waals surface area (Å²) in [7, 11) is 0. The molecule has 0 radical (unpaired) electrons. The van der Waals surface area contributed by atoms with Crippen molar-refractivity contribution in [2.45, 2.75) is 13.0 Å². The summed E-state index contributed by atoms with van der Waals surface area (Å²) in [6, 6.07) is 5.78. The summed E-state index contributed by atoms with van der Waals surface area (Å²) in [5.74, 6) is 0.509. The molecule has 0 saturated carbocycles. The SMILES string of the molecule is Cc1nc(C2CN=C(N)N2c2ccc(Cl)c(Br)c2)cs1. The van der Waals surface area contributed by atoms with Crippen molar-refractivity contribution in [3.63, 3.8) is 0 Å². The molecule has 1 aromatic heterocycles. The minimum absolute atomic E-state index is 0.0491. The van der Waals surface area contributed by atoms with Crippen LogP contribution in [0, 0.1) is 6.92 Å². The van der Waals surface area contributed by atoms with Crippen molar-refractivity contribution < 1.29 is 0 Å². The molecule has 1 unspecified atom stereocenters. The summed E-state index contributed by atoms with van der Waals surface area (Å²) in [5, 5.41) is 3.78. The number of anilines is 1. The van der Waals surface area contributed by atoms with Gasteiger partial charge < -0.3 is 10.6 Å². The number of nitrogens with two attached hydrogens (primary N) is 1. The van der Waals surface area contributed by atoms with Gasteiger partial charge in [-0.2, -0.15) is 0 Å². The quantitative estimate of drug-likeness (QED) is 0.875. The van der Waals surface area contributed by atoms with Crippen LogP contribution in [0.3, 0.4) is 0 Å². The van der Waals surface area contributed by atoms with Crippen molar-refractivity contribution in [2.75, 3.05) is 11.4 Å². The third-order valence-electron chi connectivity index (χ3n) is 3.14. The summed E-state index contributed by atoms with van der Waals surface area (Å²) < 4.78 is 0.838. The van der Waals surface area contributed by atoms with E-state index in [1.807, 2.05) is 30.0 Å². The lowest BCUT2D eigenvalue weighted by Crippen LogP contribution is -2.36. The molecule has 3 rings (SSSR count). The Kier molecular flexibility index (Phi) is 3.70. The molecule has 0 bridgehead atoms. The number of hydrogen-bond acceptors (Lipinski definition) is 5. The van der Waals surface area contributed by atoms with Gasteiger partial charge in [-0.3, -0.25) is 4.99 Å². The van der Waals surface area contributed by atoms with Crippen LogP contribution in [0.5, 0.6) is 0 Å². The van der Waals surface area contributed by atoms with Gasteiger partial charge >= 0.3 is 0 Å². The maximum atomic E-state index is 6.04. The largest absolute Gasteiger partial charge is 0.369 e. The minimum atomic E-state index is 0.0491. The Morgan fingerprint density at radius 3 is 2.95 bits per heavy atom. The number of aromatic nitrogens is 1. The van der Waals surface area contributed by atoms with Crippen molar-refractivity contribution in [3.05, 3.63) is 43.8 Å². The fraction of sp³-hybridized carbons (Fsp3) is 0.231. The second-order valence-electron chi connectivity index (χ2n) is 4.47. The van der Waals surface area contributed by atoms with E-state index in [2.05, 4.69) is 31.3 Å². The van der Waals surface area contributed by atoms with Crippen LogP contribution in [0.15, 0.2) is 33.0 Å². The fourth-order valence-electron chi connectivity index (χ4n) is 2.20. The highest BCUT2D eigenvalue weighted by atomic mass is 79.9. The van der Waals surface area contributed by atoms with Crippen LogP contribution >= 0.6 is 38.9 Å². The maximum absolute atomic E-state index is 6.04. The number of hydrogen-bond donors (Lipinski definition) is 1. The van der Waals surface area contributed by atoms with E-state index in [-0.39, 0.29) is 6.04 Å². The summed E-state index contributed by atoms with van der Waals surface area (Å²) in [4.78, 5) is 10.9. The molecule has 20 heavy (non-hydrogen) atoms. The number of halogens is 2.